The van der Waals surface area contributed by atoms with Gasteiger partial charge in [0.15, 0.2) is 0 Å². The van der Waals surface area contributed by atoms with Gasteiger partial charge in [-0.1, -0.05) is 0 Å². The van der Waals surface area contributed by atoms with Gasteiger partial charge in [-0.3, -0.25) is 9.78 Å². The Bertz CT molecular complexity index is 381. The fraction of sp³-hybridized carbons (Fsp3) is 0.444. The lowest BCUT2D eigenvalue weighted by atomic mass is 10.0. The number of primary amides is 1. The molecule has 6 heteroatoms. The van der Waals surface area contributed by atoms with Gasteiger partial charge in [0.25, 0.3) is 0 Å². The van der Waals surface area contributed by atoms with Crippen molar-refractivity contribution >= 4 is 11.7 Å². The van der Waals surface area contributed by atoms with Gasteiger partial charge >= 0.3 is 0 Å². The third kappa shape index (κ3) is 1.75. The van der Waals surface area contributed by atoms with Crippen LogP contribution in [0, 0.1) is 0 Å². The molecule has 2 heterocycles. The summed E-state index contributed by atoms with van der Waals surface area (Å²) in [5.74, 6) is 0.356. The van der Waals surface area contributed by atoms with E-state index in [2.05, 4.69) is 9.97 Å². The van der Waals surface area contributed by atoms with Crippen molar-refractivity contribution in [3.05, 3.63) is 18.1 Å². The monoisotopic (exact) mass is 207 g/mol. The number of aromatic nitrogens is 2. The lowest BCUT2D eigenvalue weighted by molar-refractivity contribution is -0.120. The van der Waals surface area contributed by atoms with E-state index in [4.69, 9.17) is 11.5 Å². The van der Waals surface area contributed by atoms with E-state index in [9.17, 15) is 4.79 Å². The summed E-state index contributed by atoms with van der Waals surface area (Å²) in [7, 11) is 0. The van der Waals surface area contributed by atoms with E-state index in [0.717, 1.165) is 13.0 Å². The third-order valence-corrected chi connectivity index (χ3v) is 2.52. The van der Waals surface area contributed by atoms with E-state index in [1.54, 1.807) is 12.4 Å². The van der Waals surface area contributed by atoms with Crippen LogP contribution in [0.3, 0.4) is 0 Å². The summed E-state index contributed by atoms with van der Waals surface area (Å²) in [5.41, 5.74) is 11.4. The second kappa shape index (κ2) is 3.82. The quantitative estimate of drug-likeness (QED) is 0.662. The minimum atomic E-state index is -0.318. The molecule has 0 saturated carbocycles. The number of nitrogens with two attached hydrogens (primary N) is 2. The highest BCUT2D eigenvalue weighted by Crippen LogP contribution is 2.23. The maximum Gasteiger partial charge on any atom is 0.240 e. The number of hydrogen-bond acceptors (Lipinski definition) is 5. The van der Waals surface area contributed by atoms with Crippen molar-refractivity contribution in [2.75, 3.05) is 11.4 Å². The summed E-state index contributed by atoms with van der Waals surface area (Å²) in [6.07, 6.45) is 4.01. The average Bonchev–Trinajstić information content (AvgIpc) is 2.15. The molecule has 1 amide bonds. The van der Waals surface area contributed by atoms with Crippen LogP contribution in [0.5, 0.6) is 0 Å². The zero-order valence-electron chi connectivity index (χ0n) is 8.26. The molecule has 15 heavy (non-hydrogen) atoms. The highest BCUT2D eigenvalue weighted by atomic mass is 16.1. The van der Waals surface area contributed by atoms with Gasteiger partial charge in [-0.05, 0) is 6.42 Å². The van der Waals surface area contributed by atoms with Crippen LogP contribution in [-0.4, -0.2) is 28.5 Å². The van der Waals surface area contributed by atoms with Crippen LogP contribution in [-0.2, 0) is 11.3 Å². The van der Waals surface area contributed by atoms with Gasteiger partial charge in [0.2, 0.25) is 5.91 Å². The first kappa shape index (κ1) is 9.85. The molecular weight excluding hydrogens is 194 g/mol. The highest BCUT2D eigenvalue weighted by Gasteiger charge is 2.33. The summed E-state index contributed by atoms with van der Waals surface area (Å²) in [4.78, 5) is 21.2. The molecule has 1 aromatic heterocycles. The Morgan fingerprint density at radius 2 is 2.40 bits per heavy atom. The molecule has 1 fully saturated rings. The predicted octanol–water partition coefficient (Wildman–Crippen LogP) is -1.00. The molecule has 80 valence electrons. The van der Waals surface area contributed by atoms with Crippen LogP contribution in [0.25, 0.3) is 0 Å². The average molecular weight is 207 g/mol. The smallest absolute Gasteiger partial charge is 0.240 e. The summed E-state index contributed by atoms with van der Waals surface area (Å²) in [6, 6.07) is -0.243. The molecule has 2 rings (SSSR count). The largest absolute Gasteiger partial charge is 0.368 e. The van der Waals surface area contributed by atoms with Crippen molar-refractivity contribution in [2.45, 2.75) is 19.0 Å². The van der Waals surface area contributed by atoms with Crippen LogP contribution in [0.1, 0.15) is 12.1 Å². The van der Waals surface area contributed by atoms with Gasteiger partial charge in [-0.15, -0.1) is 0 Å². The van der Waals surface area contributed by atoms with E-state index < -0.39 is 0 Å². The van der Waals surface area contributed by atoms with Crippen LogP contribution in [0.2, 0.25) is 0 Å². The molecule has 1 aliphatic heterocycles. The number of anilines is 1. The Morgan fingerprint density at radius 1 is 1.60 bits per heavy atom. The van der Waals surface area contributed by atoms with Crippen molar-refractivity contribution in [2.24, 2.45) is 11.5 Å². The molecule has 0 bridgehead atoms. The summed E-state index contributed by atoms with van der Waals surface area (Å²) < 4.78 is 0. The standard InChI is InChI=1S/C9H13N5O/c10-3-6-4-12-5-8(13-6)14-2-1-7(14)9(11)15/h4-5,7H,1-3,10H2,(H2,11,15). The molecule has 0 aromatic carbocycles. The summed E-state index contributed by atoms with van der Waals surface area (Å²) in [5, 5.41) is 0. The third-order valence-electron chi connectivity index (χ3n) is 2.52. The van der Waals surface area contributed by atoms with Gasteiger partial charge < -0.3 is 16.4 Å². The van der Waals surface area contributed by atoms with Crippen molar-refractivity contribution in [1.82, 2.24) is 9.97 Å². The maximum atomic E-state index is 11.0. The van der Waals surface area contributed by atoms with E-state index in [0.29, 0.717) is 18.1 Å². The molecule has 1 unspecified atom stereocenters. The second-order valence-corrected chi connectivity index (χ2v) is 3.47. The van der Waals surface area contributed by atoms with Gasteiger partial charge in [0.05, 0.1) is 11.9 Å². The van der Waals surface area contributed by atoms with Gasteiger partial charge in [-0.25, -0.2) is 4.98 Å². The van der Waals surface area contributed by atoms with Crippen LogP contribution in [0.15, 0.2) is 12.4 Å². The lowest BCUT2D eigenvalue weighted by Gasteiger charge is -2.39. The Kier molecular flexibility index (Phi) is 2.51. The van der Waals surface area contributed by atoms with E-state index in [1.165, 1.54) is 0 Å². The van der Waals surface area contributed by atoms with E-state index >= 15 is 0 Å². The maximum absolute atomic E-state index is 11.0. The fourth-order valence-electron chi connectivity index (χ4n) is 1.59. The molecule has 0 spiro atoms. The zero-order chi connectivity index (χ0) is 10.8. The molecule has 0 radical (unpaired) electrons. The Balaban J connectivity index is 2.19. The molecular formula is C9H13N5O. The van der Waals surface area contributed by atoms with Gasteiger partial charge in [0.1, 0.15) is 11.9 Å². The number of rotatable bonds is 3. The van der Waals surface area contributed by atoms with Crippen LogP contribution in [0.4, 0.5) is 5.82 Å². The Morgan fingerprint density at radius 3 is 2.93 bits per heavy atom. The first-order valence-corrected chi connectivity index (χ1v) is 4.79. The first-order valence-electron chi connectivity index (χ1n) is 4.79. The van der Waals surface area contributed by atoms with Crippen molar-refractivity contribution in [1.29, 1.82) is 0 Å². The molecule has 1 aliphatic rings. The molecule has 1 saturated heterocycles. The normalized spacial score (nSPS) is 19.8. The minimum Gasteiger partial charge on any atom is -0.368 e. The number of carbonyl (C=O) groups excluding carboxylic acids is 1. The van der Waals surface area contributed by atoms with E-state index in [1.807, 2.05) is 4.90 Å². The number of amides is 1. The lowest BCUT2D eigenvalue weighted by Crippen LogP contribution is -2.55. The fourth-order valence-corrected chi connectivity index (χ4v) is 1.59. The predicted molar refractivity (Wildman–Crippen MR) is 54.9 cm³/mol. The minimum absolute atomic E-state index is 0.243. The van der Waals surface area contributed by atoms with Crippen molar-refractivity contribution in [3.8, 4) is 0 Å². The summed E-state index contributed by atoms with van der Waals surface area (Å²) >= 11 is 0. The Labute approximate surface area is 87.3 Å². The van der Waals surface area contributed by atoms with Gasteiger partial charge in [-0.2, -0.15) is 0 Å². The molecule has 0 aliphatic carbocycles. The van der Waals surface area contributed by atoms with Crippen LogP contribution < -0.4 is 16.4 Å². The number of carbonyl (C=O) groups is 1. The zero-order valence-corrected chi connectivity index (χ0v) is 8.26. The topological polar surface area (TPSA) is 98.1 Å². The number of nitrogens with zero attached hydrogens (tertiary/aromatic N) is 3. The molecule has 1 aromatic rings. The van der Waals surface area contributed by atoms with Crippen molar-refractivity contribution in [3.63, 3.8) is 0 Å². The van der Waals surface area contributed by atoms with Crippen molar-refractivity contribution < 1.29 is 4.79 Å². The number of hydrogen-bond donors (Lipinski definition) is 2. The van der Waals surface area contributed by atoms with Crippen LogP contribution >= 0.6 is 0 Å². The molecule has 4 N–H and O–H groups in total. The van der Waals surface area contributed by atoms with E-state index in [-0.39, 0.29) is 11.9 Å². The molecule has 6 nitrogen and oxygen atoms in total. The SMILES string of the molecule is NCc1cncc(N2CCC2C(N)=O)n1. The van der Waals surface area contributed by atoms with Gasteiger partial charge in [0, 0.05) is 19.3 Å². The first-order chi connectivity index (χ1) is 7.22. The summed E-state index contributed by atoms with van der Waals surface area (Å²) in [6.45, 7) is 1.13. The second-order valence-electron chi connectivity index (χ2n) is 3.47. The Hall–Kier alpha value is -1.69. The molecule has 1 atom stereocenters. The highest BCUT2D eigenvalue weighted by molar-refractivity contribution is 5.85.